The van der Waals surface area contributed by atoms with Crippen molar-refractivity contribution in [2.75, 3.05) is 11.5 Å². The molecule has 0 aliphatic heterocycles. The second-order valence-electron chi connectivity index (χ2n) is 1.72. The van der Waals surface area contributed by atoms with Crippen LogP contribution in [0.5, 0.6) is 0 Å². The normalized spacial score (nSPS) is 9.30. The van der Waals surface area contributed by atoms with Crippen molar-refractivity contribution in [3.63, 3.8) is 0 Å². The Morgan fingerprint density at radius 3 is 2.60 bits per heavy atom. The molecule has 0 heterocycles. The second-order valence-corrected chi connectivity index (χ2v) is 1.94. The third-order valence-electron chi connectivity index (χ3n) is 1.02. The van der Waals surface area contributed by atoms with Crippen LogP contribution < -0.4 is 5.48 Å². The third kappa shape index (κ3) is 2.25. The molecule has 0 unspecified atom stereocenters. The summed E-state index contributed by atoms with van der Waals surface area (Å²) in [5, 5.41) is 0. The molecule has 2 nitrogen and oxygen atoms in total. The number of anilines is 1. The minimum absolute atomic E-state index is 0.148. The topological polar surface area (TPSA) is 21.3 Å². The van der Waals surface area contributed by atoms with Crippen LogP contribution >= 0.6 is 11.6 Å². The molecule has 0 saturated carbocycles. The number of hydrogen-bond acceptors (Lipinski definition) is 2. The molecule has 0 bridgehead atoms. The Morgan fingerprint density at radius 1 is 1.30 bits per heavy atom. The van der Waals surface area contributed by atoms with Gasteiger partial charge in [-0.25, -0.2) is 0 Å². The Morgan fingerprint density at radius 2 is 2.00 bits per heavy atom. The SMILES string of the molecule is ClCONc1ccccc1. The zero-order valence-electron chi connectivity index (χ0n) is 5.38. The maximum absolute atomic E-state index is 5.27. The fourth-order valence-electron chi connectivity index (χ4n) is 0.617. The van der Waals surface area contributed by atoms with E-state index in [1.54, 1.807) is 0 Å². The van der Waals surface area contributed by atoms with Gasteiger partial charge < -0.3 is 0 Å². The van der Waals surface area contributed by atoms with Gasteiger partial charge in [-0.1, -0.05) is 29.8 Å². The summed E-state index contributed by atoms with van der Waals surface area (Å²) < 4.78 is 0. The number of halogens is 1. The smallest absolute Gasteiger partial charge is 0.148 e. The van der Waals surface area contributed by atoms with Crippen LogP contribution in [-0.2, 0) is 4.84 Å². The first-order valence-corrected chi connectivity index (χ1v) is 3.46. The van der Waals surface area contributed by atoms with Gasteiger partial charge in [0.25, 0.3) is 0 Å². The molecule has 0 aliphatic rings. The van der Waals surface area contributed by atoms with Gasteiger partial charge in [-0.15, -0.1) is 0 Å². The molecule has 0 atom stereocenters. The van der Waals surface area contributed by atoms with Gasteiger partial charge in [0, 0.05) is 0 Å². The lowest BCUT2D eigenvalue weighted by molar-refractivity contribution is 0.248. The molecule has 1 rings (SSSR count). The fraction of sp³-hybridized carbons (Fsp3) is 0.143. The van der Waals surface area contributed by atoms with Gasteiger partial charge in [0.1, 0.15) is 6.07 Å². The Balaban J connectivity index is 2.43. The van der Waals surface area contributed by atoms with Crippen molar-refractivity contribution in [1.29, 1.82) is 0 Å². The van der Waals surface area contributed by atoms with Crippen molar-refractivity contribution < 1.29 is 4.84 Å². The summed E-state index contributed by atoms with van der Waals surface area (Å²) >= 11 is 5.27. The summed E-state index contributed by atoms with van der Waals surface area (Å²) in [5.41, 5.74) is 3.57. The molecule has 1 N–H and O–H groups in total. The van der Waals surface area contributed by atoms with Gasteiger partial charge in [0.2, 0.25) is 0 Å². The third-order valence-corrected chi connectivity index (χ3v) is 1.13. The van der Waals surface area contributed by atoms with Gasteiger partial charge in [-0.05, 0) is 12.1 Å². The number of hydrogen-bond donors (Lipinski definition) is 1. The van der Waals surface area contributed by atoms with Gasteiger partial charge in [-0.3, -0.25) is 10.3 Å². The van der Waals surface area contributed by atoms with E-state index in [-0.39, 0.29) is 6.07 Å². The van der Waals surface area contributed by atoms with Crippen LogP contribution in [0.25, 0.3) is 0 Å². The van der Waals surface area contributed by atoms with Gasteiger partial charge in [-0.2, -0.15) is 0 Å². The van der Waals surface area contributed by atoms with E-state index >= 15 is 0 Å². The molecule has 0 aliphatic carbocycles. The Bertz CT molecular complexity index is 178. The van der Waals surface area contributed by atoms with Crippen molar-refractivity contribution in [2.24, 2.45) is 0 Å². The molecule has 1 aromatic carbocycles. The highest BCUT2D eigenvalue weighted by atomic mass is 35.5. The van der Waals surface area contributed by atoms with E-state index in [0.29, 0.717) is 0 Å². The Hall–Kier alpha value is -0.730. The summed E-state index contributed by atoms with van der Waals surface area (Å²) in [6.45, 7) is 0. The van der Waals surface area contributed by atoms with E-state index in [4.69, 9.17) is 16.4 Å². The monoisotopic (exact) mass is 157 g/mol. The first-order chi connectivity index (χ1) is 4.93. The fourth-order valence-corrected chi connectivity index (χ4v) is 0.671. The number of rotatable bonds is 3. The maximum Gasteiger partial charge on any atom is 0.148 e. The van der Waals surface area contributed by atoms with E-state index in [9.17, 15) is 0 Å². The highest BCUT2D eigenvalue weighted by molar-refractivity contribution is 6.17. The molecule has 0 radical (unpaired) electrons. The average molecular weight is 158 g/mol. The van der Waals surface area contributed by atoms with Gasteiger partial charge >= 0.3 is 0 Å². The number of benzene rings is 1. The van der Waals surface area contributed by atoms with Gasteiger partial charge in [0.05, 0.1) is 5.69 Å². The minimum atomic E-state index is 0.148. The van der Waals surface area contributed by atoms with Crippen LogP contribution in [0, 0.1) is 0 Å². The van der Waals surface area contributed by atoms with Crippen LogP contribution in [0.3, 0.4) is 0 Å². The molecular weight excluding hydrogens is 150 g/mol. The average Bonchev–Trinajstić information content (AvgIpc) is 2.03. The van der Waals surface area contributed by atoms with Crippen LogP contribution in [0.2, 0.25) is 0 Å². The van der Waals surface area contributed by atoms with Crippen molar-refractivity contribution in [1.82, 2.24) is 0 Å². The molecular formula is C7H8ClNO. The summed E-state index contributed by atoms with van der Waals surface area (Å²) in [5.74, 6) is 0. The van der Waals surface area contributed by atoms with Crippen molar-refractivity contribution in [3.8, 4) is 0 Å². The second kappa shape index (κ2) is 4.14. The largest absolute Gasteiger partial charge is 0.266 e. The molecule has 54 valence electrons. The van der Waals surface area contributed by atoms with E-state index in [2.05, 4.69) is 5.48 Å². The zero-order valence-corrected chi connectivity index (χ0v) is 6.14. The van der Waals surface area contributed by atoms with Crippen molar-refractivity contribution in [3.05, 3.63) is 30.3 Å². The van der Waals surface area contributed by atoms with Crippen molar-refractivity contribution in [2.45, 2.75) is 0 Å². The quantitative estimate of drug-likeness (QED) is 0.537. The molecule has 0 aromatic heterocycles. The first-order valence-electron chi connectivity index (χ1n) is 2.92. The predicted octanol–water partition coefficient (Wildman–Crippen LogP) is 2.23. The molecule has 3 heteroatoms. The number of nitrogens with one attached hydrogen (secondary N) is 1. The lowest BCUT2D eigenvalue weighted by atomic mass is 10.3. The summed E-state index contributed by atoms with van der Waals surface area (Å²) in [6, 6.07) is 9.71. The summed E-state index contributed by atoms with van der Waals surface area (Å²) in [4.78, 5) is 4.73. The Kier molecular flexibility index (Phi) is 3.06. The summed E-state index contributed by atoms with van der Waals surface area (Å²) in [7, 11) is 0. The highest BCUT2D eigenvalue weighted by Gasteiger charge is 1.84. The van der Waals surface area contributed by atoms with Crippen LogP contribution in [0.15, 0.2) is 30.3 Å². The predicted molar refractivity (Wildman–Crippen MR) is 41.9 cm³/mol. The van der Waals surface area contributed by atoms with Crippen molar-refractivity contribution >= 4 is 17.3 Å². The Labute approximate surface area is 64.7 Å². The van der Waals surface area contributed by atoms with Crippen LogP contribution in [-0.4, -0.2) is 6.07 Å². The van der Waals surface area contributed by atoms with E-state index in [1.807, 2.05) is 30.3 Å². The molecule has 0 spiro atoms. The first kappa shape index (κ1) is 7.38. The molecule has 0 amide bonds. The van der Waals surface area contributed by atoms with Crippen LogP contribution in [0.1, 0.15) is 0 Å². The van der Waals surface area contributed by atoms with E-state index in [1.165, 1.54) is 0 Å². The molecule has 10 heavy (non-hydrogen) atoms. The molecule has 0 saturated heterocycles. The number of alkyl halides is 1. The highest BCUT2D eigenvalue weighted by Crippen LogP contribution is 2.04. The van der Waals surface area contributed by atoms with Gasteiger partial charge in [0.15, 0.2) is 0 Å². The van der Waals surface area contributed by atoms with E-state index in [0.717, 1.165) is 5.69 Å². The standard InChI is InChI=1S/C7H8ClNO/c8-6-10-9-7-4-2-1-3-5-7/h1-5,9H,6H2. The van der Waals surface area contributed by atoms with Crippen LogP contribution in [0.4, 0.5) is 5.69 Å². The lowest BCUT2D eigenvalue weighted by Crippen LogP contribution is -1.97. The molecule has 0 fully saturated rings. The zero-order chi connectivity index (χ0) is 7.23. The van der Waals surface area contributed by atoms with E-state index < -0.39 is 0 Å². The minimum Gasteiger partial charge on any atom is -0.266 e. The lowest BCUT2D eigenvalue weighted by Gasteiger charge is -2.01. The summed E-state index contributed by atoms with van der Waals surface area (Å²) in [6.07, 6.45) is 0. The molecule has 1 aromatic rings. The maximum atomic E-state index is 5.27. The number of para-hydroxylation sites is 1.